The number of rotatable bonds is 6. The van der Waals surface area contributed by atoms with Crippen LogP contribution in [-0.2, 0) is 11.3 Å². The first-order valence-electron chi connectivity index (χ1n) is 6.86. The van der Waals surface area contributed by atoms with E-state index in [4.69, 9.17) is 9.47 Å². The van der Waals surface area contributed by atoms with Crippen LogP contribution >= 0.6 is 0 Å². The monoisotopic (exact) mass is 249 g/mol. The van der Waals surface area contributed by atoms with Gasteiger partial charge in [0.2, 0.25) is 0 Å². The summed E-state index contributed by atoms with van der Waals surface area (Å²) >= 11 is 0. The second-order valence-corrected chi connectivity index (χ2v) is 4.85. The SMILES string of the molecule is CCNCc1ccccc1OCC1CCC(C)O1. The first kappa shape index (κ1) is 13.4. The fourth-order valence-electron chi connectivity index (χ4n) is 2.24. The highest BCUT2D eigenvalue weighted by Gasteiger charge is 2.22. The minimum atomic E-state index is 0.257. The maximum absolute atomic E-state index is 5.90. The molecule has 1 aliphatic rings. The number of hydrogen-bond donors (Lipinski definition) is 1. The molecule has 0 spiro atoms. The van der Waals surface area contributed by atoms with Crippen LogP contribution in [0, 0.1) is 0 Å². The number of hydrogen-bond acceptors (Lipinski definition) is 3. The van der Waals surface area contributed by atoms with Gasteiger partial charge in [0.25, 0.3) is 0 Å². The molecule has 1 aromatic rings. The molecule has 0 aliphatic carbocycles. The molecule has 1 fully saturated rings. The van der Waals surface area contributed by atoms with Crippen LogP contribution in [-0.4, -0.2) is 25.4 Å². The van der Waals surface area contributed by atoms with Crippen molar-refractivity contribution in [3.63, 3.8) is 0 Å². The lowest BCUT2D eigenvalue weighted by atomic mass is 10.2. The molecule has 2 rings (SSSR count). The molecule has 3 heteroatoms. The Hall–Kier alpha value is -1.06. The standard InChI is InChI=1S/C15H23NO2/c1-3-16-10-13-6-4-5-7-15(13)17-11-14-9-8-12(2)18-14/h4-7,12,14,16H,3,8-11H2,1-2H3. The third kappa shape index (κ3) is 3.72. The second-order valence-electron chi connectivity index (χ2n) is 4.85. The normalized spacial score (nSPS) is 23.2. The van der Waals surface area contributed by atoms with Crippen molar-refractivity contribution in [3.05, 3.63) is 29.8 Å². The predicted octanol–water partition coefficient (Wildman–Crippen LogP) is 2.74. The van der Waals surface area contributed by atoms with Crippen LogP contribution in [0.3, 0.4) is 0 Å². The van der Waals surface area contributed by atoms with Crippen LogP contribution in [0.4, 0.5) is 0 Å². The van der Waals surface area contributed by atoms with Crippen LogP contribution in [0.2, 0.25) is 0 Å². The van der Waals surface area contributed by atoms with Gasteiger partial charge in [-0.3, -0.25) is 0 Å². The Morgan fingerprint density at radius 3 is 2.89 bits per heavy atom. The van der Waals surface area contributed by atoms with Crippen molar-refractivity contribution in [1.29, 1.82) is 0 Å². The highest BCUT2D eigenvalue weighted by molar-refractivity contribution is 5.33. The maximum Gasteiger partial charge on any atom is 0.123 e. The molecule has 1 aromatic carbocycles. The van der Waals surface area contributed by atoms with Gasteiger partial charge in [0.05, 0.1) is 12.2 Å². The van der Waals surface area contributed by atoms with Gasteiger partial charge in [0.1, 0.15) is 12.4 Å². The van der Waals surface area contributed by atoms with E-state index in [1.807, 2.05) is 18.2 Å². The highest BCUT2D eigenvalue weighted by atomic mass is 16.5. The molecule has 0 bridgehead atoms. The fourth-order valence-corrected chi connectivity index (χ4v) is 2.24. The van der Waals surface area contributed by atoms with Gasteiger partial charge in [-0.25, -0.2) is 0 Å². The molecule has 2 unspecified atom stereocenters. The predicted molar refractivity (Wildman–Crippen MR) is 72.9 cm³/mol. The lowest BCUT2D eigenvalue weighted by Gasteiger charge is -2.15. The van der Waals surface area contributed by atoms with Crippen molar-refractivity contribution in [3.8, 4) is 5.75 Å². The molecule has 3 nitrogen and oxygen atoms in total. The minimum absolute atomic E-state index is 0.257. The number of ether oxygens (including phenoxy) is 2. The number of nitrogens with one attached hydrogen (secondary N) is 1. The van der Waals surface area contributed by atoms with E-state index in [0.717, 1.165) is 31.7 Å². The molecule has 0 aromatic heterocycles. The average molecular weight is 249 g/mol. The van der Waals surface area contributed by atoms with Crippen LogP contribution in [0.1, 0.15) is 32.3 Å². The van der Waals surface area contributed by atoms with E-state index in [1.165, 1.54) is 5.56 Å². The van der Waals surface area contributed by atoms with Crippen molar-refractivity contribution in [2.45, 2.75) is 45.4 Å². The van der Waals surface area contributed by atoms with Gasteiger partial charge in [-0.15, -0.1) is 0 Å². The molecule has 1 aliphatic heterocycles. The molecule has 0 radical (unpaired) electrons. The van der Waals surface area contributed by atoms with Crippen molar-refractivity contribution in [2.24, 2.45) is 0 Å². The van der Waals surface area contributed by atoms with E-state index in [2.05, 4.69) is 25.2 Å². The zero-order valence-electron chi connectivity index (χ0n) is 11.3. The summed E-state index contributed by atoms with van der Waals surface area (Å²) in [7, 11) is 0. The van der Waals surface area contributed by atoms with Gasteiger partial charge in [-0.2, -0.15) is 0 Å². The Morgan fingerprint density at radius 2 is 2.17 bits per heavy atom. The van der Waals surface area contributed by atoms with Gasteiger partial charge < -0.3 is 14.8 Å². The zero-order valence-corrected chi connectivity index (χ0v) is 11.3. The van der Waals surface area contributed by atoms with Crippen LogP contribution in [0.25, 0.3) is 0 Å². The summed E-state index contributed by atoms with van der Waals surface area (Å²) in [6, 6.07) is 8.21. The first-order chi connectivity index (χ1) is 8.79. The molecule has 0 amide bonds. The Labute approximate surface area is 109 Å². The molecule has 0 saturated carbocycles. The van der Waals surface area contributed by atoms with Crippen molar-refractivity contribution in [2.75, 3.05) is 13.2 Å². The molecule has 18 heavy (non-hydrogen) atoms. The summed E-state index contributed by atoms with van der Waals surface area (Å²) < 4.78 is 11.7. The van der Waals surface area contributed by atoms with E-state index >= 15 is 0 Å². The topological polar surface area (TPSA) is 30.5 Å². The Balaban J connectivity index is 1.88. The highest BCUT2D eigenvalue weighted by Crippen LogP contribution is 2.22. The van der Waals surface area contributed by atoms with Gasteiger partial charge in [-0.05, 0) is 32.4 Å². The molecular formula is C15H23NO2. The van der Waals surface area contributed by atoms with Crippen LogP contribution in [0.15, 0.2) is 24.3 Å². The zero-order chi connectivity index (χ0) is 12.8. The van der Waals surface area contributed by atoms with E-state index in [0.29, 0.717) is 12.7 Å². The second kappa shape index (κ2) is 6.76. The van der Waals surface area contributed by atoms with E-state index in [1.54, 1.807) is 0 Å². The molecule has 1 N–H and O–H groups in total. The first-order valence-corrected chi connectivity index (χ1v) is 6.86. The summed E-state index contributed by atoms with van der Waals surface area (Å²) in [5.74, 6) is 0.974. The number of para-hydroxylation sites is 1. The van der Waals surface area contributed by atoms with Crippen LogP contribution in [0.5, 0.6) is 5.75 Å². The summed E-state index contributed by atoms with van der Waals surface area (Å²) in [6.07, 6.45) is 2.90. The molecular weight excluding hydrogens is 226 g/mol. The van der Waals surface area contributed by atoms with Gasteiger partial charge in [0, 0.05) is 12.1 Å². The van der Waals surface area contributed by atoms with Crippen molar-refractivity contribution < 1.29 is 9.47 Å². The Morgan fingerprint density at radius 1 is 1.33 bits per heavy atom. The quantitative estimate of drug-likeness (QED) is 0.841. The third-order valence-corrected chi connectivity index (χ3v) is 3.28. The summed E-state index contributed by atoms with van der Waals surface area (Å²) in [5, 5.41) is 3.33. The molecule has 1 saturated heterocycles. The largest absolute Gasteiger partial charge is 0.491 e. The lowest BCUT2D eigenvalue weighted by molar-refractivity contribution is 0.0262. The van der Waals surface area contributed by atoms with Gasteiger partial charge in [-0.1, -0.05) is 25.1 Å². The number of benzene rings is 1. The fraction of sp³-hybridized carbons (Fsp3) is 0.600. The van der Waals surface area contributed by atoms with Gasteiger partial charge in [0.15, 0.2) is 0 Å². The summed E-state index contributed by atoms with van der Waals surface area (Å²) in [4.78, 5) is 0. The maximum atomic E-state index is 5.90. The van der Waals surface area contributed by atoms with Crippen molar-refractivity contribution in [1.82, 2.24) is 5.32 Å². The average Bonchev–Trinajstić information content (AvgIpc) is 2.81. The van der Waals surface area contributed by atoms with Gasteiger partial charge >= 0.3 is 0 Å². The smallest absolute Gasteiger partial charge is 0.123 e. The molecule has 1 heterocycles. The van der Waals surface area contributed by atoms with Crippen molar-refractivity contribution >= 4 is 0 Å². The summed E-state index contributed by atoms with van der Waals surface area (Å²) in [6.45, 7) is 6.72. The van der Waals surface area contributed by atoms with E-state index < -0.39 is 0 Å². The lowest BCUT2D eigenvalue weighted by Crippen LogP contribution is -2.19. The van der Waals surface area contributed by atoms with E-state index in [-0.39, 0.29) is 6.10 Å². The minimum Gasteiger partial charge on any atom is -0.491 e. The molecule has 100 valence electrons. The molecule has 2 atom stereocenters. The Kier molecular flexibility index (Phi) is 5.02. The van der Waals surface area contributed by atoms with Crippen LogP contribution < -0.4 is 10.1 Å². The third-order valence-electron chi connectivity index (χ3n) is 3.28. The van der Waals surface area contributed by atoms with E-state index in [9.17, 15) is 0 Å². The Bertz CT molecular complexity index is 367. The summed E-state index contributed by atoms with van der Waals surface area (Å²) in [5.41, 5.74) is 1.21.